The summed E-state index contributed by atoms with van der Waals surface area (Å²) >= 11 is 6.20. The van der Waals surface area contributed by atoms with Gasteiger partial charge in [0.1, 0.15) is 11.8 Å². The second-order valence-corrected chi connectivity index (χ2v) is 5.08. The highest BCUT2D eigenvalue weighted by Crippen LogP contribution is 2.31. The summed E-state index contributed by atoms with van der Waals surface area (Å²) in [7, 11) is 1.54. The fraction of sp³-hybridized carbons (Fsp3) is 0.533. The SMILES string of the molecule is CCN(CC)CCNC(C(N)=O)c1c(Cl)cccc1OC. The molecule has 0 saturated heterocycles. The van der Waals surface area contributed by atoms with Crippen LogP contribution in [0.4, 0.5) is 0 Å². The van der Waals surface area contributed by atoms with E-state index in [1.807, 2.05) is 0 Å². The maximum absolute atomic E-state index is 11.8. The summed E-state index contributed by atoms with van der Waals surface area (Å²) in [6, 6.07) is 4.60. The molecule has 0 radical (unpaired) electrons. The maximum Gasteiger partial charge on any atom is 0.239 e. The molecule has 0 bridgehead atoms. The predicted octanol–water partition coefficient (Wildman–Crippen LogP) is 1.81. The first-order valence-corrected chi connectivity index (χ1v) is 7.50. The Morgan fingerprint density at radius 2 is 2.10 bits per heavy atom. The lowest BCUT2D eigenvalue weighted by Crippen LogP contribution is -2.39. The van der Waals surface area contributed by atoms with Crippen molar-refractivity contribution in [1.82, 2.24) is 10.2 Å². The van der Waals surface area contributed by atoms with Crippen molar-refractivity contribution in [3.63, 3.8) is 0 Å². The van der Waals surface area contributed by atoms with Gasteiger partial charge >= 0.3 is 0 Å². The zero-order chi connectivity index (χ0) is 15.8. The number of nitrogens with one attached hydrogen (secondary N) is 1. The van der Waals surface area contributed by atoms with Gasteiger partial charge in [-0.15, -0.1) is 0 Å². The van der Waals surface area contributed by atoms with Crippen LogP contribution in [0.15, 0.2) is 18.2 Å². The molecule has 1 amide bonds. The van der Waals surface area contributed by atoms with E-state index in [9.17, 15) is 4.79 Å². The maximum atomic E-state index is 11.8. The van der Waals surface area contributed by atoms with Crippen LogP contribution in [-0.4, -0.2) is 44.1 Å². The summed E-state index contributed by atoms with van der Waals surface area (Å²) in [4.78, 5) is 14.0. The van der Waals surface area contributed by atoms with Crippen LogP contribution in [0.2, 0.25) is 5.02 Å². The minimum atomic E-state index is -0.663. The van der Waals surface area contributed by atoms with E-state index in [2.05, 4.69) is 24.1 Å². The Morgan fingerprint density at radius 1 is 1.43 bits per heavy atom. The number of carbonyl (C=O) groups excluding carboxylic acids is 1. The zero-order valence-electron chi connectivity index (χ0n) is 12.9. The van der Waals surface area contributed by atoms with Gasteiger partial charge in [0.15, 0.2) is 0 Å². The van der Waals surface area contributed by atoms with Crippen LogP contribution in [0.1, 0.15) is 25.5 Å². The lowest BCUT2D eigenvalue weighted by molar-refractivity contribution is -0.120. The number of nitrogens with two attached hydrogens (primary N) is 1. The van der Waals surface area contributed by atoms with Crippen molar-refractivity contribution >= 4 is 17.5 Å². The number of hydrogen-bond acceptors (Lipinski definition) is 4. The highest BCUT2D eigenvalue weighted by Gasteiger charge is 2.23. The van der Waals surface area contributed by atoms with Gasteiger partial charge in [-0.05, 0) is 25.2 Å². The third-order valence-corrected chi connectivity index (χ3v) is 3.81. The number of primary amides is 1. The molecule has 6 heteroatoms. The number of benzene rings is 1. The number of hydrogen-bond donors (Lipinski definition) is 2. The normalized spacial score (nSPS) is 12.4. The molecule has 0 aliphatic heterocycles. The van der Waals surface area contributed by atoms with Gasteiger partial charge in [0, 0.05) is 23.7 Å². The largest absolute Gasteiger partial charge is 0.496 e. The first-order chi connectivity index (χ1) is 10.0. The number of halogens is 1. The molecule has 0 saturated carbocycles. The number of nitrogens with zero attached hydrogens (tertiary/aromatic N) is 1. The van der Waals surface area contributed by atoms with Crippen molar-refractivity contribution in [3.05, 3.63) is 28.8 Å². The molecule has 21 heavy (non-hydrogen) atoms. The minimum Gasteiger partial charge on any atom is -0.496 e. The Labute approximate surface area is 131 Å². The summed E-state index contributed by atoms with van der Waals surface area (Å²) in [5, 5.41) is 3.64. The van der Waals surface area contributed by atoms with Gasteiger partial charge in [0.2, 0.25) is 5.91 Å². The fourth-order valence-electron chi connectivity index (χ4n) is 2.23. The molecule has 1 aromatic rings. The minimum absolute atomic E-state index is 0.466. The third kappa shape index (κ3) is 4.88. The first-order valence-electron chi connectivity index (χ1n) is 7.12. The lowest BCUT2D eigenvalue weighted by Gasteiger charge is -2.22. The van der Waals surface area contributed by atoms with Crippen molar-refractivity contribution in [1.29, 1.82) is 0 Å². The van der Waals surface area contributed by atoms with Gasteiger partial charge in [-0.2, -0.15) is 0 Å². The standard InChI is InChI=1S/C15H24ClN3O2/c1-4-19(5-2)10-9-18-14(15(17)20)13-11(16)7-6-8-12(13)21-3/h6-8,14,18H,4-5,9-10H2,1-3H3,(H2,17,20). The number of likely N-dealkylation sites (N-methyl/N-ethyl adjacent to an activating group) is 1. The molecule has 1 rings (SSSR count). The molecular weight excluding hydrogens is 290 g/mol. The van der Waals surface area contributed by atoms with Crippen molar-refractivity contribution in [2.24, 2.45) is 5.73 Å². The highest BCUT2D eigenvalue weighted by atomic mass is 35.5. The summed E-state index contributed by atoms with van der Waals surface area (Å²) < 4.78 is 5.28. The molecule has 1 atom stereocenters. The van der Waals surface area contributed by atoms with E-state index >= 15 is 0 Å². The first kappa shape index (κ1) is 17.8. The summed E-state index contributed by atoms with van der Waals surface area (Å²) in [5.74, 6) is 0.0857. The molecule has 0 heterocycles. The van der Waals surface area contributed by atoms with E-state index in [-0.39, 0.29) is 0 Å². The van der Waals surface area contributed by atoms with Gasteiger partial charge in [-0.25, -0.2) is 0 Å². The molecule has 0 fully saturated rings. The molecule has 0 aliphatic rings. The van der Waals surface area contributed by atoms with E-state index < -0.39 is 11.9 Å². The summed E-state index contributed by atoms with van der Waals surface area (Å²) in [6.45, 7) is 7.62. The molecule has 3 N–H and O–H groups in total. The number of rotatable bonds is 9. The predicted molar refractivity (Wildman–Crippen MR) is 85.7 cm³/mol. The van der Waals surface area contributed by atoms with Crippen LogP contribution in [0, 0.1) is 0 Å². The quantitative estimate of drug-likeness (QED) is 0.729. The molecule has 118 valence electrons. The van der Waals surface area contributed by atoms with Crippen LogP contribution in [0.3, 0.4) is 0 Å². The Bertz CT molecular complexity index is 464. The number of carbonyl (C=O) groups is 1. The van der Waals surface area contributed by atoms with Gasteiger partial charge in [-0.3, -0.25) is 4.79 Å². The van der Waals surface area contributed by atoms with Gasteiger partial charge in [0.25, 0.3) is 0 Å². The summed E-state index contributed by atoms with van der Waals surface area (Å²) in [5.41, 5.74) is 6.11. The molecule has 5 nitrogen and oxygen atoms in total. The van der Waals surface area contributed by atoms with Crippen LogP contribution in [-0.2, 0) is 4.79 Å². The summed E-state index contributed by atoms with van der Waals surface area (Å²) in [6.07, 6.45) is 0. The van der Waals surface area contributed by atoms with Crippen molar-refractivity contribution in [2.45, 2.75) is 19.9 Å². The Kier molecular flexibility index (Phi) is 7.50. The average molecular weight is 314 g/mol. The fourth-order valence-corrected chi connectivity index (χ4v) is 2.50. The monoisotopic (exact) mass is 313 g/mol. The molecule has 0 aromatic heterocycles. The van der Waals surface area contributed by atoms with E-state index in [1.165, 1.54) is 0 Å². The molecule has 0 spiro atoms. The van der Waals surface area contributed by atoms with Crippen molar-refractivity contribution in [3.8, 4) is 5.75 Å². The number of methoxy groups -OCH3 is 1. The van der Waals surface area contributed by atoms with E-state index in [4.69, 9.17) is 22.1 Å². The Balaban J connectivity index is 2.86. The van der Waals surface area contributed by atoms with Gasteiger partial charge < -0.3 is 20.7 Å². The van der Waals surface area contributed by atoms with E-state index in [0.717, 1.165) is 19.6 Å². The average Bonchev–Trinajstić information content (AvgIpc) is 2.48. The Hall–Kier alpha value is -1.30. The highest BCUT2D eigenvalue weighted by molar-refractivity contribution is 6.31. The van der Waals surface area contributed by atoms with Crippen LogP contribution in [0.25, 0.3) is 0 Å². The number of amides is 1. The second-order valence-electron chi connectivity index (χ2n) is 4.67. The molecule has 1 aromatic carbocycles. The second kappa shape index (κ2) is 8.87. The van der Waals surface area contributed by atoms with Gasteiger partial charge in [0.05, 0.1) is 7.11 Å². The van der Waals surface area contributed by atoms with Crippen LogP contribution in [0.5, 0.6) is 5.75 Å². The molecular formula is C15H24ClN3O2. The molecule has 0 aliphatic carbocycles. The third-order valence-electron chi connectivity index (χ3n) is 3.48. The Morgan fingerprint density at radius 3 is 2.62 bits per heavy atom. The smallest absolute Gasteiger partial charge is 0.239 e. The van der Waals surface area contributed by atoms with Gasteiger partial charge in [-0.1, -0.05) is 31.5 Å². The zero-order valence-corrected chi connectivity index (χ0v) is 13.6. The van der Waals surface area contributed by atoms with Crippen LogP contribution >= 0.6 is 11.6 Å². The molecule has 1 unspecified atom stereocenters. The van der Waals surface area contributed by atoms with E-state index in [0.29, 0.717) is 22.9 Å². The van der Waals surface area contributed by atoms with E-state index in [1.54, 1.807) is 25.3 Å². The van der Waals surface area contributed by atoms with Crippen LogP contribution < -0.4 is 15.8 Å². The number of ether oxygens (including phenoxy) is 1. The topological polar surface area (TPSA) is 67.6 Å². The lowest BCUT2D eigenvalue weighted by atomic mass is 10.0. The van der Waals surface area contributed by atoms with Crippen molar-refractivity contribution in [2.75, 3.05) is 33.3 Å². The van der Waals surface area contributed by atoms with Crippen molar-refractivity contribution < 1.29 is 9.53 Å².